The Morgan fingerprint density at radius 1 is 0.692 bits per heavy atom. The number of hydrogen-bond donors (Lipinski definition) is 0. The van der Waals surface area contributed by atoms with Crippen molar-refractivity contribution in [2.75, 3.05) is 0 Å². The molecule has 0 spiro atoms. The zero-order valence-electron chi connectivity index (χ0n) is 14.9. The Morgan fingerprint density at radius 3 is 1.23 bits per heavy atom. The van der Waals surface area contributed by atoms with Gasteiger partial charge in [0, 0.05) is 22.2 Å². The molecule has 2 aromatic carbocycles. The van der Waals surface area contributed by atoms with Crippen molar-refractivity contribution in [3.05, 3.63) is 68.7 Å². The van der Waals surface area contributed by atoms with E-state index in [4.69, 9.17) is 32.7 Å². The van der Waals surface area contributed by atoms with E-state index in [0.29, 0.717) is 21.5 Å². The van der Waals surface area contributed by atoms with Gasteiger partial charge in [0.1, 0.15) is 11.5 Å². The molecule has 0 aliphatic rings. The Kier molecular flexibility index (Phi) is 6.46. The van der Waals surface area contributed by atoms with Gasteiger partial charge in [-0.05, 0) is 74.2 Å². The molecule has 26 heavy (non-hydrogen) atoms. The zero-order valence-corrected chi connectivity index (χ0v) is 16.4. The molecule has 0 atom stereocenters. The quantitative estimate of drug-likeness (QED) is 0.402. The molecule has 136 valence electrons. The van der Waals surface area contributed by atoms with E-state index in [9.17, 15) is 9.59 Å². The Balaban J connectivity index is 2.00. The fourth-order valence-corrected chi connectivity index (χ4v) is 2.58. The molecule has 2 rings (SSSR count). The summed E-state index contributed by atoms with van der Waals surface area (Å²) < 4.78 is 10.4. The molecular formula is C20H18Cl2O4. The van der Waals surface area contributed by atoms with Gasteiger partial charge in [-0.15, -0.1) is 0 Å². The van der Waals surface area contributed by atoms with Crippen LogP contribution < -0.4 is 9.47 Å². The van der Waals surface area contributed by atoms with Gasteiger partial charge in [-0.2, -0.15) is 0 Å². The van der Waals surface area contributed by atoms with E-state index in [0.717, 1.165) is 34.4 Å². The van der Waals surface area contributed by atoms with Gasteiger partial charge < -0.3 is 9.47 Å². The van der Waals surface area contributed by atoms with Crippen LogP contribution in [0.2, 0.25) is 10.0 Å². The highest BCUT2D eigenvalue weighted by molar-refractivity contribution is 6.32. The molecule has 2 aromatic rings. The first kappa shape index (κ1) is 20.0. The molecule has 0 heterocycles. The maximum absolute atomic E-state index is 11.9. The lowest BCUT2D eigenvalue weighted by atomic mass is 10.1. The summed E-state index contributed by atoms with van der Waals surface area (Å²) in [6.45, 7) is 7.26. The average molecular weight is 393 g/mol. The molecule has 0 radical (unpaired) electrons. The SMILES string of the molecule is Cc1cc(OC(=O)/C=C/C(=O)Oc2cc(C)c(Cl)c(C)c2)cc(C)c1Cl. The summed E-state index contributed by atoms with van der Waals surface area (Å²) in [6.07, 6.45) is 2.02. The largest absolute Gasteiger partial charge is 0.423 e. The van der Waals surface area contributed by atoms with Gasteiger partial charge in [0.15, 0.2) is 0 Å². The predicted molar refractivity (Wildman–Crippen MR) is 102 cm³/mol. The number of carbonyl (C=O) groups excluding carboxylic acids is 2. The normalized spacial score (nSPS) is 10.8. The summed E-state index contributed by atoms with van der Waals surface area (Å²) in [7, 11) is 0. The predicted octanol–water partition coefficient (Wildman–Crippen LogP) is 5.29. The first-order valence-corrected chi connectivity index (χ1v) is 8.58. The van der Waals surface area contributed by atoms with Crippen molar-refractivity contribution < 1.29 is 19.1 Å². The number of benzene rings is 2. The Labute approximate surface area is 162 Å². The number of halogens is 2. The molecule has 0 fully saturated rings. The number of rotatable bonds is 4. The Hall–Kier alpha value is -2.30. The van der Waals surface area contributed by atoms with Crippen LogP contribution in [-0.2, 0) is 9.59 Å². The lowest BCUT2D eigenvalue weighted by molar-refractivity contribution is -0.131. The summed E-state index contributed by atoms with van der Waals surface area (Å²) in [5, 5.41) is 1.25. The van der Waals surface area contributed by atoms with Gasteiger partial charge in [-0.25, -0.2) is 9.59 Å². The fraction of sp³-hybridized carbons (Fsp3) is 0.200. The Bertz CT molecular complexity index is 781. The molecule has 0 aromatic heterocycles. The average Bonchev–Trinajstić information content (AvgIpc) is 2.55. The van der Waals surface area contributed by atoms with Crippen LogP contribution in [0.5, 0.6) is 11.5 Å². The van der Waals surface area contributed by atoms with E-state index in [2.05, 4.69) is 0 Å². The standard InChI is InChI=1S/C20H18Cl2O4/c1-11-7-15(8-12(2)19(11)21)25-17(23)5-6-18(24)26-16-9-13(3)20(22)14(4)10-16/h5-10H,1-4H3/b6-5+. The smallest absolute Gasteiger partial charge is 0.336 e. The number of carbonyl (C=O) groups is 2. The first-order valence-electron chi connectivity index (χ1n) is 7.82. The second kappa shape index (κ2) is 8.39. The number of hydrogen-bond acceptors (Lipinski definition) is 4. The third kappa shape index (κ3) is 5.10. The van der Waals surface area contributed by atoms with Gasteiger partial charge >= 0.3 is 11.9 Å². The van der Waals surface area contributed by atoms with E-state index in [1.807, 2.05) is 27.7 Å². The molecule has 0 amide bonds. The van der Waals surface area contributed by atoms with Crippen LogP contribution in [0.15, 0.2) is 36.4 Å². The minimum Gasteiger partial charge on any atom is -0.423 e. The van der Waals surface area contributed by atoms with Crippen molar-refractivity contribution in [3.63, 3.8) is 0 Å². The van der Waals surface area contributed by atoms with Crippen molar-refractivity contribution >= 4 is 35.1 Å². The minimum absolute atomic E-state index is 0.358. The lowest BCUT2D eigenvalue weighted by Gasteiger charge is -2.07. The monoisotopic (exact) mass is 392 g/mol. The van der Waals surface area contributed by atoms with Crippen LogP contribution >= 0.6 is 23.2 Å². The lowest BCUT2D eigenvalue weighted by Crippen LogP contribution is -2.08. The maximum Gasteiger partial charge on any atom is 0.336 e. The van der Waals surface area contributed by atoms with Crippen molar-refractivity contribution in [2.45, 2.75) is 27.7 Å². The maximum atomic E-state index is 11.9. The zero-order chi connectivity index (χ0) is 19.4. The fourth-order valence-electron chi connectivity index (χ4n) is 2.37. The van der Waals surface area contributed by atoms with Crippen LogP contribution in [0.1, 0.15) is 22.3 Å². The molecule has 0 unspecified atom stereocenters. The summed E-state index contributed by atoms with van der Waals surface area (Å²) in [4.78, 5) is 23.7. The topological polar surface area (TPSA) is 52.6 Å². The molecule has 0 aliphatic carbocycles. The highest BCUT2D eigenvalue weighted by Gasteiger charge is 2.09. The third-order valence-electron chi connectivity index (χ3n) is 3.61. The summed E-state index contributed by atoms with van der Waals surface area (Å²) in [5.41, 5.74) is 3.19. The van der Waals surface area contributed by atoms with E-state index in [1.54, 1.807) is 24.3 Å². The van der Waals surface area contributed by atoms with Gasteiger partial charge in [0.2, 0.25) is 0 Å². The van der Waals surface area contributed by atoms with E-state index in [1.165, 1.54) is 0 Å². The van der Waals surface area contributed by atoms with Crippen LogP contribution in [0.4, 0.5) is 0 Å². The second-order valence-corrected chi connectivity index (χ2v) is 6.67. The molecule has 0 aliphatic heterocycles. The molecular weight excluding hydrogens is 375 g/mol. The van der Waals surface area contributed by atoms with Crippen LogP contribution in [0.25, 0.3) is 0 Å². The van der Waals surface area contributed by atoms with Crippen molar-refractivity contribution in [3.8, 4) is 11.5 Å². The van der Waals surface area contributed by atoms with Crippen molar-refractivity contribution in [1.82, 2.24) is 0 Å². The van der Waals surface area contributed by atoms with Gasteiger partial charge in [-0.1, -0.05) is 23.2 Å². The highest BCUT2D eigenvalue weighted by atomic mass is 35.5. The van der Waals surface area contributed by atoms with Crippen LogP contribution in [0.3, 0.4) is 0 Å². The molecule has 0 N–H and O–H groups in total. The summed E-state index contributed by atoms with van der Waals surface area (Å²) in [6, 6.07) is 6.61. The van der Waals surface area contributed by atoms with E-state index < -0.39 is 11.9 Å². The van der Waals surface area contributed by atoms with Crippen molar-refractivity contribution in [2.24, 2.45) is 0 Å². The minimum atomic E-state index is -0.688. The number of esters is 2. The highest BCUT2D eigenvalue weighted by Crippen LogP contribution is 2.27. The number of aryl methyl sites for hydroxylation is 4. The van der Waals surface area contributed by atoms with E-state index >= 15 is 0 Å². The van der Waals surface area contributed by atoms with Crippen LogP contribution in [0, 0.1) is 27.7 Å². The molecule has 0 saturated heterocycles. The van der Waals surface area contributed by atoms with Gasteiger partial charge in [0.25, 0.3) is 0 Å². The van der Waals surface area contributed by atoms with Crippen molar-refractivity contribution in [1.29, 1.82) is 0 Å². The van der Waals surface area contributed by atoms with Crippen LogP contribution in [-0.4, -0.2) is 11.9 Å². The van der Waals surface area contributed by atoms with Gasteiger partial charge in [-0.3, -0.25) is 0 Å². The molecule has 0 saturated carbocycles. The van der Waals surface area contributed by atoms with Gasteiger partial charge in [0.05, 0.1) is 0 Å². The first-order chi connectivity index (χ1) is 12.2. The molecule has 0 bridgehead atoms. The summed E-state index contributed by atoms with van der Waals surface area (Å²) in [5.74, 6) is -0.661. The molecule has 6 heteroatoms. The second-order valence-electron chi connectivity index (χ2n) is 5.92. The third-order valence-corrected chi connectivity index (χ3v) is 4.80. The Morgan fingerprint density at radius 2 is 0.962 bits per heavy atom. The molecule has 4 nitrogen and oxygen atoms in total. The number of ether oxygens (including phenoxy) is 2. The van der Waals surface area contributed by atoms with E-state index in [-0.39, 0.29) is 0 Å². The summed E-state index contributed by atoms with van der Waals surface area (Å²) >= 11 is 12.1.